The maximum atomic E-state index is 15.8. The Balaban J connectivity index is 1.70. The lowest BCUT2D eigenvalue weighted by atomic mass is 9.83. The molecule has 0 amide bonds. The molecule has 176 valence electrons. The minimum absolute atomic E-state index is 0.00241. The van der Waals surface area contributed by atoms with Crippen molar-refractivity contribution >= 4 is 16.9 Å². The number of fused-ring (bicyclic) bond motifs is 1. The zero-order chi connectivity index (χ0) is 23.5. The topological polar surface area (TPSA) is 99.3 Å². The molecule has 5 rings (SSSR count). The third kappa shape index (κ3) is 3.49. The molecule has 1 aliphatic heterocycles. The van der Waals surface area contributed by atoms with Crippen LogP contribution in [0.3, 0.4) is 0 Å². The second kappa shape index (κ2) is 7.55. The fourth-order valence-corrected chi connectivity index (χ4v) is 5.41. The lowest BCUT2D eigenvalue weighted by molar-refractivity contribution is -0.0593. The van der Waals surface area contributed by atoms with E-state index < -0.39 is 23.1 Å². The van der Waals surface area contributed by atoms with Gasteiger partial charge in [0, 0.05) is 12.0 Å². The highest BCUT2D eigenvalue weighted by atomic mass is 19.1. The van der Waals surface area contributed by atoms with Crippen LogP contribution in [-0.4, -0.2) is 39.5 Å². The predicted octanol–water partition coefficient (Wildman–Crippen LogP) is 4.09. The van der Waals surface area contributed by atoms with Crippen LogP contribution in [0, 0.1) is 11.7 Å². The summed E-state index contributed by atoms with van der Waals surface area (Å²) in [6, 6.07) is 5.19. The summed E-state index contributed by atoms with van der Waals surface area (Å²) >= 11 is 0. The highest BCUT2D eigenvalue weighted by Gasteiger charge is 2.59. The fourth-order valence-electron chi connectivity index (χ4n) is 5.41. The van der Waals surface area contributed by atoms with Crippen molar-refractivity contribution in [2.45, 2.75) is 64.0 Å². The molecule has 3 heterocycles. The van der Waals surface area contributed by atoms with E-state index in [0.29, 0.717) is 23.9 Å². The quantitative estimate of drug-likeness (QED) is 0.580. The number of aromatic nitrogens is 3. The van der Waals surface area contributed by atoms with Crippen molar-refractivity contribution in [1.29, 1.82) is 0 Å². The molecule has 8 nitrogen and oxygen atoms in total. The summed E-state index contributed by atoms with van der Waals surface area (Å²) in [5, 5.41) is 4.51. The Hall–Kier alpha value is -2.94. The standard InChI is InChI=1S/C24H28FN3O5/c1-5-31-20(29)18-10-16-8-15(14-6-7-32-23(3,4)12-14)9-17(25)19(16)28(18)24(11-13(24)2)21-26-22(30)33-27-21/h8-10,13-14H,5-7,11-12H2,1-4H3,(H,26,27,30)/t13-,14+,24-/m0/s1. The number of aromatic amines is 1. The Bertz CT molecular complexity index is 1290. The molecular formula is C24H28FN3O5. The van der Waals surface area contributed by atoms with Gasteiger partial charge in [-0.3, -0.25) is 9.51 Å². The average molecular weight is 458 g/mol. The fraction of sp³-hybridized carbons (Fsp3) is 0.542. The second-order valence-electron chi connectivity index (χ2n) is 9.80. The smallest absolute Gasteiger partial charge is 0.438 e. The van der Waals surface area contributed by atoms with Gasteiger partial charge in [-0.05, 0) is 75.6 Å². The monoisotopic (exact) mass is 457 g/mol. The van der Waals surface area contributed by atoms with E-state index in [1.54, 1.807) is 23.6 Å². The number of nitrogens with one attached hydrogen (secondary N) is 1. The van der Waals surface area contributed by atoms with Gasteiger partial charge >= 0.3 is 11.7 Å². The molecule has 3 atom stereocenters. The highest BCUT2D eigenvalue weighted by molar-refractivity contribution is 5.96. The Morgan fingerprint density at radius 3 is 2.70 bits per heavy atom. The maximum Gasteiger partial charge on any atom is 0.438 e. The molecule has 1 saturated heterocycles. The first-order valence-electron chi connectivity index (χ1n) is 11.4. The normalized spacial score (nSPS) is 26.5. The molecule has 9 heteroatoms. The van der Waals surface area contributed by atoms with E-state index in [9.17, 15) is 9.59 Å². The van der Waals surface area contributed by atoms with Gasteiger partial charge in [-0.25, -0.2) is 14.0 Å². The van der Waals surface area contributed by atoms with E-state index in [-0.39, 0.29) is 35.6 Å². The van der Waals surface area contributed by atoms with Gasteiger partial charge in [-0.1, -0.05) is 12.1 Å². The lowest BCUT2D eigenvalue weighted by Gasteiger charge is -2.35. The van der Waals surface area contributed by atoms with Crippen molar-refractivity contribution in [3.05, 3.63) is 51.6 Å². The molecule has 1 saturated carbocycles. The van der Waals surface area contributed by atoms with Crippen molar-refractivity contribution in [3.63, 3.8) is 0 Å². The summed E-state index contributed by atoms with van der Waals surface area (Å²) in [6.45, 7) is 8.58. The highest BCUT2D eigenvalue weighted by Crippen LogP contribution is 2.56. The van der Waals surface area contributed by atoms with Gasteiger partial charge in [-0.15, -0.1) is 0 Å². The van der Waals surface area contributed by atoms with E-state index >= 15 is 4.39 Å². The van der Waals surface area contributed by atoms with Crippen molar-refractivity contribution in [1.82, 2.24) is 14.7 Å². The molecular weight excluding hydrogens is 429 g/mol. The number of carbonyl (C=O) groups is 1. The maximum absolute atomic E-state index is 15.8. The van der Waals surface area contributed by atoms with E-state index in [1.165, 1.54) is 0 Å². The molecule has 1 aliphatic carbocycles. The third-order valence-corrected chi connectivity index (χ3v) is 7.05. The number of nitrogens with zero attached hydrogens (tertiary/aromatic N) is 2. The van der Waals surface area contributed by atoms with Crippen LogP contribution in [0.5, 0.6) is 0 Å². The Morgan fingerprint density at radius 1 is 1.33 bits per heavy atom. The van der Waals surface area contributed by atoms with Gasteiger partial charge < -0.3 is 14.0 Å². The molecule has 2 fully saturated rings. The number of ether oxygens (including phenoxy) is 2. The first kappa shape index (κ1) is 21.9. The van der Waals surface area contributed by atoms with Crippen LogP contribution in [0.2, 0.25) is 0 Å². The van der Waals surface area contributed by atoms with Crippen LogP contribution in [0.4, 0.5) is 4.39 Å². The van der Waals surface area contributed by atoms with Gasteiger partial charge in [0.25, 0.3) is 0 Å². The van der Waals surface area contributed by atoms with Crippen molar-refractivity contribution < 1.29 is 23.2 Å². The Labute approximate surface area is 190 Å². The van der Waals surface area contributed by atoms with Crippen LogP contribution in [0.15, 0.2) is 27.5 Å². The van der Waals surface area contributed by atoms with Gasteiger partial charge in [0.2, 0.25) is 0 Å². The molecule has 2 aliphatic rings. The molecule has 0 spiro atoms. The average Bonchev–Trinajstić information content (AvgIpc) is 3.08. The van der Waals surface area contributed by atoms with Crippen LogP contribution in [0.25, 0.3) is 10.9 Å². The van der Waals surface area contributed by atoms with Gasteiger partial charge in [0.1, 0.15) is 17.1 Å². The van der Waals surface area contributed by atoms with Gasteiger partial charge in [0.05, 0.1) is 17.7 Å². The third-order valence-electron chi connectivity index (χ3n) is 7.05. The molecule has 2 aromatic heterocycles. The zero-order valence-electron chi connectivity index (χ0n) is 19.2. The zero-order valence-corrected chi connectivity index (χ0v) is 19.2. The van der Waals surface area contributed by atoms with Crippen LogP contribution < -0.4 is 5.76 Å². The van der Waals surface area contributed by atoms with E-state index in [1.807, 2.05) is 26.8 Å². The number of benzene rings is 1. The number of H-pyrrole nitrogens is 1. The summed E-state index contributed by atoms with van der Waals surface area (Å²) in [4.78, 5) is 27.2. The number of rotatable bonds is 5. The predicted molar refractivity (Wildman–Crippen MR) is 118 cm³/mol. The summed E-state index contributed by atoms with van der Waals surface area (Å²) < 4.78 is 33.3. The summed E-state index contributed by atoms with van der Waals surface area (Å²) in [6.07, 6.45) is 2.16. The summed E-state index contributed by atoms with van der Waals surface area (Å²) in [5.41, 5.74) is 0.239. The largest absolute Gasteiger partial charge is 0.461 e. The number of hydrogen-bond acceptors (Lipinski definition) is 6. The Kier molecular flexibility index (Phi) is 5.00. The summed E-state index contributed by atoms with van der Waals surface area (Å²) in [5.74, 6) is -1.24. The molecule has 33 heavy (non-hydrogen) atoms. The lowest BCUT2D eigenvalue weighted by Crippen LogP contribution is -2.33. The Morgan fingerprint density at radius 2 is 2.09 bits per heavy atom. The molecule has 0 unspecified atom stereocenters. The van der Waals surface area contributed by atoms with Crippen molar-refractivity contribution in [2.24, 2.45) is 5.92 Å². The summed E-state index contributed by atoms with van der Waals surface area (Å²) in [7, 11) is 0. The molecule has 1 N–H and O–H groups in total. The van der Waals surface area contributed by atoms with E-state index in [4.69, 9.17) is 14.0 Å². The number of carbonyl (C=O) groups excluding carboxylic acids is 1. The molecule has 1 aromatic carbocycles. The van der Waals surface area contributed by atoms with Gasteiger partial charge in [0.15, 0.2) is 5.82 Å². The van der Waals surface area contributed by atoms with E-state index in [2.05, 4.69) is 10.1 Å². The molecule has 0 radical (unpaired) electrons. The molecule has 3 aromatic rings. The first-order valence-corrected chi connectivity index (χ1v) is 11.4. The minimum Gasteiger partial charge on any atom is -0.461 e. The number of esters is 1. The van der Waals surface area contributed by atoms with Crippen LogP contribution in [0.1, 0.15) is 74.8 Å². The molecule has 0 bridgehead atoms. The van der Waals surface area contributed by atoms with Gasteiger partial charge in [-0.2, -0.15) is 0 Å². The first-order chi connectivity index (χ1) is 15.7. The van der Waals surface area contributed by atoms with Crippen molar-refractivity contribution in [3.8, 4) is 0 Å². The van der Waals surface area contributed by atoms with E-state index in [0.717, 1.165) is 18.4 Å². The van der Waals surface area contributed by atoms with Crippen LogP contribution >= 0.6 is 0 Å². The van der Waals surface area contributed by atoms with Crippen molar-refractivity contribution in [2.75, 3.05) is 13.2 Å². The number of halogens is 1. The number of hydrogen-bond donors (Lipinski definition) is 1. The van der Waals surface area contributed by atoms with Crippen LogP contribution in [-0.2, 0) is 15.0 Å². The SMILES string of the molecule is CCOC(=O)c1cc2cc([C@@H]3CCOC(C)(C)C3)cc(F)c2n1[C@@]1(c2noc(=O)[nH]2)C[C@@H]1C. The second-order valence-corrected chi connectivity index (χ2v) is 9.80. The minimum atomic E-state index is -0.890.